The van der Waals surface area contributed by atoms with E-state index in [4.69, 9.17) is 0 Å². The third-order valence-electron chi connectivity index (χ3n) is 3.88. The van der Waals surface area contributed by atoms with Crippen LogP contribution in [0.4, 0.5) is 16.2 Å². The molecule has 1 aliphatic carbocycles. The lowest BCUT2D eigenvalue weighted by atomic mass is 10.1. The number of benzene rings is 2. The van der Waals surface area contributed by atoms with Crippen molar-refractivity contribution in [2.45, 2.75) is 19.3 Å². The standard InChI is InChI=1S/C19H21N3O2/c23-18(15-9-10-15)21-16-7-4-8-17(13-16)22-19(24)20-12-11-14-5-2-1-3-6-14/h1-8,13,15H,9-12H2,(H,21,23)(H2,20,22,24). The first-order chi connectivity index (χ1) is 11.7. The van der Waals surface area contributed by atoms with Crippen molar-refractivity contribution in [3.63, 3.8) is 0 Å². The van der Waals surface area contributed by atoms with Gasteiger partial charge in [0.05, 0.1) is 0 Å². The monoisotopic (exact) mass is 323 g/mol. The molecule has 0 saturated heterocycles. The molecule has 2 aromatic rings. The number of anilines is 2. The van der Waals surface area contributed by atoms with E-state index in [9.17, 15) is 9.59 Å². The van der Waals surface area contributed by atoms with Crippen LogP contribution in [-0.4, -0.2) is 18.5 Å². The van der Waals surface area contributed by atoms with Crippen LogP contribution in [0.1, 0.15) is 18.4 Å². The first-order valence-corrected chi connectivity index (χ1v) is 8.20. The van der Waals surface area contributed by atoms with Gasteiger partial charge in [-0.05, 0) is 43.0 Å². The number of urea groups is 1. The molecule has 24 heavy (non-hydrogen) atoms. The van der Waals surface area contributed by atoms with Gasteiger partial charge in [-0.3, -0.25) is 4.79 Å². The second-order valence-electron chi connectivity index (χ2n) is 5.96. The van der Waals surface area contributed by atoms with Gasteiger partial charge in [-0.25, -0.2) is 4.79 Å². The van der Waals surface area contributed by atoms with E-state index in [1.54, 1.807) is 12.1 Å². The van der Waals surface area contributed by atoms with E-state index in [-0.39, 0.29) is 17.9 Å². The number of carbonyl (C=O) groups excluding carboxylic acids is 2. The van der Waals surface area contributed by atoms with Crippen molar-refractivity contribution in [2.24, 2.45) is 5.92 Å². The Bertz CT molecular complexity index is 712. The Labute approximate surface area is 141 Å². The summed E-state index contributed by atoms with van der Waals surface area (Å²) in [7, 11) is 0. The molecule has 124 valence electrons. The predicted molar refractivity (Wildman–Crippen MR) is 95.0 cm³/mol. The summed E-state index contributed by atoms with van der Waals surface area (Å²) in [5.41, 5.74) is 2.54. The normalized spacial score (nSPS) is 13.2. The zero-order chi connectivity index (χ0) is 16.8. The minimum atomic E-state index is -0.253. The summed E-state index contributed by atoms with van der Waals surface area (Å²) in [6.07, 6.45) is 2.72. The lowest BCUT2D eigenvalue weighted by Gasteiger charge is -2.10. The molecule has 0 unspecified atom stereocenters. The molecule has 3 amide bonds. The van der Waals surface area contributed by atoms with Crippen LogP contribution in [0.2, 0.25) is 0 Å². The Kier molecular flexibility index (Phi) is 5.11. The second kappa shape index (κ2) is 7.64. The fourth-order valence-electron chi connectivity index (χ4n) is 2.40. The lowest BCUT2D eigenvalue weighted by molar-refractivity contribution is -0.117. The summed E-state index contributed by atoms with van der Waals surface area (Å²) in [4.78, 5) is 23.7. The molecule has 0 atom stereocenters. The van der Waals surface area contributed by atoms with Gasteiger partial charge >= 0.3 is 6.03 Å². The van der Waals surface area contributed by atoms with Crippen molar-refractivity contribution in [1.82, 2.24) is 5.32 Å². The first-order valence-electron chi connectivity index (χ1n) is 8.20. The first kappa shape index (κ1) is 16.1. The largest absolute Gasteiger partial charge is 0.338 e. The minimum Gasteiger partial charge on any atom is -0.338 e. The molecular formula is C19H21N3O2. The maximum absolute atomic E-state index is 11.9. The molecule has 3 N–H and O–H groups in total. The molecule has 2 aromatic carbocycles. The highest BCUT2D eigenvalue weighted by atomic mass is 16.2. The highest BCUT2D eigenvalue weighted by molar-refractivity contribution is 5.95. The fourth-order valence-corrected chi connectivity index (χ4v) is 2.40. The second-order valence-corrected chi connectivity index (χ2v) is 5.96. The Balaban J connectivity index is 1.46. The van der Waals surface area contributed by atoms with Gasteiger partial charge in [-0.15, -0.1) is 0 Å². The van der Waals surface area contributed by atoms with Crippen LogP contribution in [0.15, 0.2) is 54.6 Å². The van der Waals surface area contributed by atoms with E-state index < -0.39 is 0 Å². The van der Waals surface area contributed by atoms with Gasteiger partial charge in [0.15, 0.2) is 0 Å². The topological polar surface area (TPSA) is 70.2 Å². The maximum atomic E-state index is 11.9. The molecule has 5 heteroatoms. The van der Waals surface area contributed by atoms with E-state index >= 15 is 0 Å². The average Bonchev–Trinajstić information content (AvgIpc) is 3.41. The van der Waals surface area contributed by atoms with Crippen molar-refractivity contribution in [1.29, 1.82) is 0 Å². The summed E-state index contributed by atoms with van der Waals surface area (Å²) >= 11 is 0. The number of hydrogen-bond donors (Lipinski definition) is 3. The lowest BCUT2D eigenvalue weighted by Crippen LogP contribution is -2.30. The van der Waals surface area contributed by atoms with E-state index in [1.807, 2.05) is 42.5 Å². The predicted octanol–water partition coefficient (Wildman–Crippen LogP) is 3.40. The number of carbonyl (C=O) groups is 2. The van der Waals surface area contributed by atoms with Gasteiger partial charge in [0.1, 0.15) is 0 Å². The van der Waals surface area contributed by atoms with Crippen molar-refractivity contribution in [3.05, 3.63) is 60.2 Å². The Hall–Kier alpha value is -2.82. The molecule has 0 radical (unpaired) electrons. The van der Waals surface area contributed by atoms with E-state index in [2.05, 4.69) is 16.0 Å². The zero-order valence-electron chi connectivity index (χ0n) is 13.4. The molecule has 0 aliphatic heterocycles. The van der Waals surface area contributed by atoms with Crippen molar-refractivity contribution >= 4 is 23.3 Å². The van der Waals surface area contributed by atoms with Crippen LogP contribution in [-0.2, 0) is 11.2 Å². The smallest absolute Gasteiger partial charge is 0.319 e. The highest BCUT2D eigenvalue weighted by Crippen LogP contribution is 2.30. The number of nitrogens with one attached hydrogen (secondary N) is 3. The van der Waals surface area contributed by atoms with Crippen molar-refractivity contribution in [3.8, 4) is 0 Å². The number of amides is 3. The maximum Gasteiger partial charge on any atom is 0.319 e. The molecule has 0 aromatic heterocycles. The van der Waals surface area contributed by atoms with E-state index in [1.165, 1.54) is 5.56 Å². The quantitative estimate of drug-likeness (QED) is 0.762. The van der Waals surface area contributed by atoms with Crippen LogP contribution in [0, 0.1) is 5.92 Å². The number of rotatable bonds is 6. The fraction of sp³-hybridized carbons (Fsp3) is 0.263. The SMILES string of the molecule is O=C(NCCc1ccccc1)Nc1cccc(NC(=O)C2CC2)c1. The van der Waals surface area contributed by atoms with Crippen LogP contribution in [0.25, 0.3) is 0 Å². The molecule has 0 spiro atoms. The summed E-state index contributed by atoms with van der Waals surface area (Å²) < 4.78 is 0. The molecule has 0 heterocycles. The van der Waals surface area contributed by atoms with Gasteiger partial charge in [0, 0.05) is 23.8 Å². The minimum absolute atomic E-state index is 0.0551. The third kappa shape index (κ3) is 4.84. The van der Waals surface area contributed by atoms with Crippen molar-refractivity contribution < 1.29 is 9.59 Å². The molecule has 5 nitrogen and oxygen atoms in total. The zero-order valence-corrected chi connectivity index (χ0v) is 13.4. The van der Waals surface area contributed by atoms with Crippen LogP contribution in [0.3, 0.4) is 0 Å². The molecule has 1 saturated carbocycles. The Morgan fingerprint density at radius 3 is 2.33 bits per heavy atom. The molecule has 1 aliphatic rings. The molecule has 0 bridgehead atoms. The van der Waals surface area contributed by atoms with Gasteiger partial charge in [0.25, 0.3) is 0 Å². The van der Waals surface area contributed by atoms with Gasteiger partial charge in [-0.1, -0.05) is 36.4 Å². The average molecular weight is 323 g/mol. The summed E-state index contributed by atoms with van der Waals surface area (Å²) in [5.74, 6) is 0.211. The molecule has 3 rings (SSSR count). The summed E-state index contributed by atoms with van der Waals surface area (Å²) in [6.45, 7) is 0.563. The molecular weight excluding hydrogens is 302 g/mol. The Morgan fingerprint density at radius 2 is 1.62 bits per heavy atom. The Morgan fingerprint density at radius 1 is 0.917 bits per heavy atom. The van der Waals surface area contributed by atoms with Gasteiger partial charge in [-0.2, -0.15) is 0 Å². The highest BCUT2D eigenvalue weighted by Gasteiger charge is 2.29. The van der Waals surface area contributed by atoms with E-state index in [0.717, 1.165) is 19.3 Å². The van der Waals surface area contributed by atoms with Crippen LogP contribution >= 0.6 is 0 Å². The van der Waals surface area contributed by atoms with Crippen LogP contribution < -0.4 is 16.0 Å². The van der Waals surface area contributed by atoms with Gasteiger partial charge < -0.3 is 16.0 Å². The van der Waals surface area contributed by atoms with Crippen molar-refractivity contribution in [2.75, 3.05) is 17.2 Å². The van der Waals surface area contributed by atoms with E-state index in [0.29, 0.717) is 17.9 Å². The third-order valence-corrected chi connectivity index (χ3v) is 3.88. The van der Waals surface area contributed by atoms with Gasteiger partial charge in [0.2, 0.25) is 5.91 Å². The summed E-state index contributed by atoms with van der Waals surface area (Å²) in [6, 6.07) is 16.9. The molecule has 1 fully saturated rings. The number of hydrogen-bond acceptors (Lipinski definition) is 2. The van der Waals surface area contributed by atoms with Crippen LogP contribution in [0.5, 0.6) is 0 Å². The summed E-state index contributed by atoms with van der Waals surface area (Å²) in [5, 5.41) is 8.49.